The average Bonchev–Trinajstić information content (AvgIpc) is 2.61. The van der Waals surface area contributed by atoms with Crippen molar-refractivity contribution < 1.29 is 14.3 Å². The van der Waals surface area contributed by atoms with Crippen LogP contribution in [0.3, 0.4) is 0 Å². The molecule has 2 aromatic carbocycles. The number of aryl methyl sites for hydroxylation is 1. The molecule has 0 saturated heterocycles. The van der Waals surface area contributed by atoms with Gasteiger partial charge in [-0.1, -0.05) is 24.3 Å². The molecule has 0 radical (unpaired) electrons. The number of hydrogen-bond donors (Lipinski definition) is 1. The maximum Gasteiger partial charge on any atom is 0.255 e. The number of fused-ring (bicyclic) bond motifs is 1. The Labute approximate surface area is 136 Å². The topological polar surface area (TPSA) is 47.6 Å². The van der Waals surface area contributed by atoms with Gasteiger partial charge in [0.2, 0.25) is 0 Å². The fraction of sp³-hybridized carbons (Fsp3) is 0.316. The van der Waals surface area contributed by atoms with Gasteiger partial charge >= 0.3 is 0 Å². The predicted octanol–water partition coefficient (Wildman–Crippen LogP) is 3.51. The molecule has 2 aromatic rings. The van der Waals surface area contributed by atoms with Gasteiger partial charge in [-0.05, 0) is 42.5 Å². The number of methoxy groups -OCH3 is 2. The van der Waals surface area contributed by atoms with Crippen LogP contribution in [0.15, 0.2) is 42.5 Å². The van der Waals surface area contributed by atoms with E-state index in [1.165, 1.54) is 11.1 Å². The van der Waals surface area contributed by atoms with Crippen molar-refractivity contribution in [3.8, 4) is 11.5 Å². The molecule has 1 aliphatic carbocycles. The number of carbonyl (C=O) groups excluding carboxylic acids is 1. The first-order valence-electron chi connectivity index (χ1n) is 7.83. The van der Waals surface area contributed by atoms with Gasteiger partial charge < -0.3 is 14.8 Å². The highest BCUT2D eigenvalue weighted by atomic mass is 16.5. The Morgan fingerprint density at radius 2 is 1.96 bits per heavy atom. The summed E-state index contributed by atoms with van der Waals surface area (Å²) in [7, 11) is 3.15. The average molecular weight is 311 g/mol. The second kappa shape index (κ2) is 6.73. The lowest BCUT2D eigenvalue weighted by molar-refractivity contribution is 0.0929. The second-order valence-electron chi connectivity index (χ2n) is 5.68. The Hall–Kier alpha value is -2.49. The van der Waals surface area contributed by atoms with E-state index in [9.17, 15) is 4.79 Å². The summed E-state index contributed by atoms with van der Waals surface area (Å²) < 4.78 is 10.5. The van der Waals surface area contributed by atoms with Crippen LogP contribution in [-0.2, 0) is 6.42 Å². The number of hydrogen-bond acceptors (Lipinski definition) is 3. The molecule has 1 aliphatic rings. The van der Waals surface area contributed by atoms with Gasteiger partial charge in [-0.15, -0.1) is 0 Å². The SMILES string of the molecule is COc1ccc(C(=O)N[C@@H]2CCCc3ccccc32)c(OC)c1. The smallest absolute Gasteiger partial charge is 0.255 e. The van der Waals surface area contributed by atoms with Crippen LogP contribution < -0.4 is 14.8 Å². The minimum Gasteiger partial charge on any atom is -0.497 e. The van der Waals surface area contributed by atoms with Crippen LogP contribution in [0, 0.1) is 0 Å². The molecule has 0 aromatic heterocycles. The molecule has 1 atom stereocenters. The van der Waals surface area contributed by atoms with Crippen molar-refractivity contribution in [2.45, 2.75) is 25.3 Å². The maximum atomic E-state index is 12.7. The Morgan fingerprint density at radius 1 is 1.13 bits per heavy atom. The Bertz CT molecular complexity index is 712. The van der Waals surface area contributed by atoms with Crippen molar-refractivity contribution in [1.29, 1.82) is 0 Å². The van der Waals surface area contributed by atoms with Crippen LogP contribution >= 0.6 is 0 Å². The molecule has 1 amide bonds. The fourth-order valence-electron chi connectivity index (χ4n) is 3.13. The number of amides is 1. The quantitative estimate of drug-likeness (QED) is 0.940. The van der Waals surface area contributed by atoms with Gasteiger partial charge in [0.25, 0.3) is 5.91 Å². The van der Waals surface area contributed by atoms with Crippen molar-refractivity contribution >= 4 is 5.91 Å². The summed E-state index contributed by atoms with van der Waals surface area (Å²) in [6.07, 6.45) is 3.12. The molecule has 0 spiro atoms. The summed E-state index contributed by atoms with van der Waals surface area (Å²) in [6.45, 7) is 0. The molecule has 4 nitrogen and oxygen atoms in total. The molecule has 120 valence electrons. The third-order valence-corrected chi connectivity index (χ3v) is 4.33. The Kier molecular flexibility index (Phi) is 4.51. The summed E-state index contributed by atoms with van der Waals surface area (Å²) in [5.41, 5.74) is 3.07. The van der Waals surface area contributed by atoms with Crippen molar-refractivity contribution in [1.82, 2.24) is 5.32 Å². The zero-order valence-corrected chi connectivity index (χ0v) is 13.5. The first-order chi connectivity index (χ1) is 11.2. The Morgan fingerprint density at radius 3 is 2.74 bits per heavy atom. The van der Waals surface area contributed by atoms with E-state index in [-0.39, 0.29) is 11.9 Å². The van der Waals surface area contributed by atoms with E-state index >= 15 is 0 Å². The number of ether oxygens (including phenoxy) is 2. The van der Waals surface area contributed by atoms with Gasteiger partial charge in [0.1, 0.15) is 11.5 Å². The van der Waals surface area contributed by atoms with Gasteiger partial charge in [0.15, 0.2) is 0 Å². The van der Waals surface area contributed by atoms with Crippen LogP contribution in [0.25, 0.3) is 0 Å². The van der Waals surface area contributed by atoms with Crippen molar-refractivity contribution in [2.75, 3.05) is 14.2 Å². The van der Waals surface area contributed by atoms with Crippen LogP contribution in [0.4, 0.5) is 0 Å². The first-order valence-corrected chi connectivity index (χ1v) is 7.83. The molecule has 0 unspecified atom stereocenters. The predicted molar refractivity (Wildman–Crippen MR) is 89.1 cm³/mol. The van der Waals surface area contributed by atoms with E-state index in [4.69, 9.17) is 9.47 Å². The molecule has 0 bridgehead atoms. The van der Waals surface area contributed by atoms with Crippen molar-refractivity contribution in [3.05, 3.63) is 59.2 Å². The zero-order chi connectivity index (χ0) is 16.2. The van der Waals surface area contributed by atoms with Crippen LogP contribution in [-0.4, -0.2) is 20.1 Å². The van der Waals surface area contributed by atoms with Gasteiger partial charge in [0, 0.05) is 6.07 Å². The maximum absolute atomic E-state index is 12.7. The minimum atomic E-state index is -0.119. The lowest BCUT2D eigenvalue weighted by Crippen LogP contribution is -2.31. The molecule has 4 heteroatoms. The van der Waals surface area contributed by atoms with E-state index in [1.54, 1.807) is 32.4 Å². The molecule has 0 heterocycles. The van der Waals surface area contributed by atoms with Gasteiger partial charge in [0.05, 0.1) is 25.8 Å². The monoisotopic (exact) mass is 311 g/mol. The molecule has 0 aliphatic heterocycles. The van der Waals surface area contributed by atoms with Crippen molar-refractivity contribution in [3.63, 3.8) is 0 Å². The summed E-state index contributed by atoms with van der Waals surface area (Å²) in [5.74, 6) is 1.07. The van der Waals surface area contributed by atoms with Crippen molar-refractivity contribution in [2.24, 2.45) is 0 Å². The summed E-state index contributed by atoms with van der Waals surface area (Å²) >= 11 is 0. The van der Waals surface area contributed by atoms with Gasteiger partial charge in [-0.3, -0.25) is 4.79 Å². The number of carbonyl (C=O) groups is 1. The minimum absolute atomic E-state index is 0.0549. The number of rotatable bonds is 4. The van der Waals surface area contributed by atoms with E-state index < -0.39 is 0 Å². The van der Waals surface area contributed by atoms with E-state index in [0.29, 0.717) is 17.1 Å². The second-order valence-corrected chi connectivity index (χ2v) is 5.68. The molecule has 0 fully saturated rings. The first kappa shape index (κ1) is 15.4. The number of benzene rings is 2. The molecular weight excluding hydrogens is 290 g/mol. The van der Waals surface area contributed by atoms with E-state index in [1.807, 2.05) is 6.07 Å². The van der Waals surface area contributed by atoms with E-state index in [2.05, 4.69) is 23.5 Å². The highest BCUT2D eigenvalue weighted by Gasteiger charge is 2.23. The van der Waals surface area contributed by atoms with Gasteiger partial charge in [-0.25, -0.2) is 0 Å². The Balaban J connectivity index is 1.83. The van der Waals surface area contributed by atoms with Crippen LogP contribution in [0.2, 0.25) is 0 Å². The zero-order valence-electron chi connectivity index (χ0n) is 13.5. The molecule has 23 heavy (non-hydrogen) atoms. The van der Waals surface area contributed by atoms with Crippen LogP contribution in [0.5, 0.6) is 11.5 Å². The fourth-order valence-corrected chi connectivity index (χ4v) is 3.13. The molecule has 3 rings (SSSR count). The third-order valence-electron chi connectivity index (χ3n) is 4.33. The normalized spacial score (nSPS) is 16.3. The lowest BCUT2D eigenvalue weighted by atomic mass is 9.87. The van der Waals surface area contributed by atoms with E-state index in [0.717, 1.165) is 19.3 Å². The molecule has 0 saturated carbocycles. The summed E-state index contributed by atoms with van der Waals surface area (Å²) in [6, 6.07) is 13.6. The standard InChI is InChI=1S/C19H21NO3/c1-22-14-10-11-16(18(12-14)23-2)19(21)20-17-9-5-7-13-6-3-4-8-15(13)17/h3-4,6,8,10-12,17H,5,7,9H2,1-2H3,(H,20,21)/t17-/m1/s1. The highest BCUT2D eigenvalue weighted by Crippen LogP contribution is 2.31. The molecule has 1 N–H and O–H groups in total. The van der Waals surface area contributed by atoms with Crippen LogP contribution in [0.1, 0.15) is 40.4 Å². The molecular formula is C19H21NO3. The number of nitrogens with one attached hydrogen (secondary N) is 1. The third kappa shape index (κ3) is 3.16. The van der Waals surface area contributed by atoms with Gasteiger partial charge in [-0.2, -0.15) is 0 Å². The highest BCUT2D eigenvalue weighted by molar-refractivity contribution is 5.97. The largest absolute Gasteiger partial charge is 0.497 e. The summed E-state index contributed by atoms with van der Waals surface area (Å²) in [5, 5.41) is 3.14. The lowest BCUT2D eigenvalue weighted by Gasteiger charge is -2.26. The summed E-state index contributed by atoms with van der Waals surface area (Å²) in [4.78, 5) is 12.7.